The summed E-state index contributed by atoms with van der Waals surface area (Å²) in [4.78, 5) is 14.6. The van der Waals surface area contributed by atoms with E-state index in [1.54, 1.807) is 0 Å². The maximum atomic E-state index is 10.5. The quantitative estimate of drug-likeness (QED) is 0.684. The van der Waals surface area contributed by atoms with E-state index in [1.165, 1.54) is 6.07 Å². The molecule has 1 aliphatic heterocycles. The van der Waals surface area contributed by atoms with Gasteiger partial charge in [-0.2, -0.15) is 4.98 Å². The third-order valence-electron chi connectivity index (χ3n) is 2.56. The summed E-state index contributed by atoms with van der Waals surface area (Å²) < 4.78 is 11.0. The van der Waals surface area contributed by atoms with Crippen molar-refractivity contribution in [3.63, 3.8) is 0 Å². The molecule has 1 aromatic rings. The predicted molar refractivity (Wildman–Crippen MR) is 68.4 cm³/mol. The molecule has 1 aromatic heterocycles. The highest BCUT2D eigenvalue weighted by Crippen LogP contribution is 2.32. The number of pyridine rings is 1. The van der Waals surface area contributed by atoms with Crippen molar-refractivity contribution in [2.75, 3.05) is 18.5 Å². The number of nitrogens with zero attached hydrogens (tertiary/aromatic N) is 1. The first-order chi connectivity index (χ1) is 8.70. The van der Waals surface area contributed by atoms with E-state index < -0.39 is 0 Å². The second kappa shape index (κ2) is 6.22. The highest BCUT2D eigenvalue weighted by Gasteiger charge is 2.19. The molecule has 0 bridgehead atoms. The zero-order chi connectivity index (χ0) is 13.0. The molecule has 18 heavy (non-hydrogen) atoms. The van der Waals surface area contributed by atoms with Crippen LogP contribution in [0, 0.1) is 0 Å². The van der Waals surface area contributed by atoms with Crippen LogP contribution in [-0.2, 0) is 9.53 Å². The second-order valence-electron chi connectivity index (χ2n) is 3.81. The Labute approximate surface area is 114 Å². The maximum absolute atomic E-state index is 10.5. The monoisotopic (exact) mass is 290 g/mol. The van der Waals surface area contributed by atoms with Crippen LogP contribution in [0.4, 0.5) is 5.69 Å². The molecule has 0 aromatic carbocycles. The molecule has 0 radical (unpaired) electrons. The summed E-state index contributed by atoms with van der Waals surface area (Å²) in [7, 11) is 0. The lowest BCUT2D eigenvalue weighted by molar-refractivity contribution is -0.105. The second-order valence-corrected chi connectivity index (χ2v) is 4.57. The zero-order valence-electron chi connectivity index (χ0n) is 9.49. The van der Waals surface area contributed by atoms with Gasteiger partial charge in [-0.3, -0.25) is 4.79 Å². The van der Waals surface area contributed by atoms with Crippen LogP contribution in [0.5, 0.6) is 5.88 Å². The summed E-state index contributed by atoms with van der Waals surface area (Å²) in [6, 6.07) is 1.51. The fourth-order valence-corrected chi connectivity index (χ4v) is 1.94. The Morgan fingerprint density at radius 1 is 1.44 bits per heavy atom. The molecule has 0 unspecified atom stereocenters. The highest BCUT2D eigenvalue weighted by molar-refractivity contribution is 6.41. The first-order valence-corrected chi connectivity index (χ1v) is 6.27. The van der Waals surface area contributed by atoms with Gasteiger partial charge in [0, 0.05) is 12.8 Å². The van der Waals surface area contributed by atoms with Gasteiger partial charge in [-0.25, -0.2) is 0 Å². The first-order valence-electron chi connectivity index (χ1n) is 5.51. The fraction of sp³-hybridized carbons (Fsp3) is 0.455. The van der Waals surface area contributed by atoms with Crippen LogP contribution in [0.15, 0.2) is 6.07 Å². The largest absolute Gasteiger partial charge is 0.473 e. The Morgan fingerprint density at radius 2 is 2.17 bits per heavy atom. The van der Waals surface area contributed by atoms with Gasteiger partial charge < -0.3 is 14.8 Å². The minimum atomic E-state index is 0.00990. The standard InChI is InChI=1S/C11H12Cl2N2O3/c12-8-5-9(14-6-16)11(15-10(8)13)18-7-1-3-17-4-2-7/h5-7H,1-4H2,(H,14,16). The molecule has 1 N–H and O–H groups in total. The molecule has 1 aliphatic rings. The van der Waals surface area contributed by atoms with Gasteiger partial charge in [0.25, 0.3) is 0 Å². The summed E-state index contributed by atoms with van der Waals surface area (Å²) in [5, 5.41) is 2.90. The summed E-state index contributed by atoms with van der Waals surface area (Å²) in [5.41, 5.74) is 0.408. The summed E-state index contributed by atoms with van der Waals surface area (Å²) in [6.07, 6.45) is 2.11. The number of rotatable bonds is 4. The minimum absolute atomic E-state index is 0.00990. The average Bonchev–Trinajstić information content (AvgIpc) is 2.37. The van der Waals surface area contributed by atoms with E-state index in [2.05, 4.69) is 10.3 Å². The number of carbonyl (C=O) groups is 1. The summed E-state index contributed by atoms with van der Waals surface area (Å²) in [5.74, 6) is 0.281. The van der Waals surface area contributed by atoms with Crippen molar-refractivity contribution in [2.45, 2.75) is 18.9 Å². The lowest BCUT2D eigenvalue weighted by atomic mass is 10.1. The van der Waals surface area contributed by atoms with E-state index in [-0.39, 0.29) is 22.2 Å². The van der Waals surface area contributed by atoms with E-state index in [0.29, 0.717) is 25.3 Å². The van der Waals surface area contributed by atoms with Crippen molar-refractivity contribution >= 4 is 35.3 Å². The van der Waals surface area contributed by atoms with Crippen LogP contribution >= 0.6 is 23.2 Å². The third kappa shape index (κ3) is 3.25. The van der Waals surface area contributed by atoms with Gasteiger partial charge in [0.05, 0.1) is 18.2 Å². The SMILES string of the molecule is O=CNc1cc(Cl)c(Cl)nc1OC1CCOCC1. The number of hydrogen-bond donors (Lipinski definition) is 1. The number of carbonyl (C=O) groups excluding carboxylic acids is 1. The van der Waals surface area contributed by atoms with Gasteiger partial charge in [0.15, 0.2) is 5.15 Å². The van der Waals surface area contributed by atoms with Crippen molar-refractivity contribution in [1.29, 1.82) is 0 Å². The average molecular weight is 291 g/mol. The van der Waals surface area contributed by atoms with Crippen molar-refractivity contribution in [3.05, 3.63) is 16.2 Å². The van der Waals surface area contributed by atoms with Crippen molar-refractivity contribution in [3.8, 4) is 5.88 Å². The Hall–Kier alpha value is -1.04. The smallest absolute Gasteiger partial charge is 0.239 e. The van der Waals surface area contributed by atoms with Gasteiger partial charge in [-0.05, 0) is 6.07 Å². The molecule has 0 spiro atoms. The predicted octanol–water partition coefficient (Wildman–Crippen LogP) is 2.51. The molecular weight excluding hydrogens is 279 g/mol. The number of ether oxygens (including phenoxy) is 2. The lowest BCUT2D eigenvalue weighted by Crippen LogP contribution is -2.26. The van der Waals surface area contributed by atoms with Crippen LogP contribution in [0.1, 0.15) is 12.8 Å². The lowest BCUT2D eigenvalue weighted by Gasteiger charge is -2.23. The van der Waals surface area contributed by atoms with Crippen LogP contribution in [0.3, 0.4) is 0 Å². The molecular formula is C11H12Cl2N2O3. The van der Waals surface area contributed by atoms with Crippen LogP contribution in [-0.4, -0.2) is 30.7 Å². The first kappa shape index (κ1) is 13.4. The van der Waals surface area contributed by atoms with Crippen LogP contribution in [0.25, 0.3) is 0 Å². The fourth-order valence-electron chi connectivity index (χ4n) is 1.66. The van der Waals surface area contributed by atoms with Gasteiger partial charge in [-0.1, -0.05) is 23.2 Å². The van der Waals surface area contributed by atoms with E-state index in [1.807, 2.05) is 0 Å². The molecule has 1 fully saturated rings. The molecule has 2 rings (SSSR count). The topological polar surface area (TPSA) is 60.5 Å². The Kier molecular flexibility index (Phi) is 4.63. The Balaban J connectivity index is 2.18. The molecule has 1 saturated heterocycles. The molecule has 0 saturated carbocycles. The molecule has 5 nitrogen and oxygen atoms in total. The molecule has 7 heteroatoms. The van der Waals surface area contributed by atoms with Crippen LogP contribution in [0.2, 0.25) is 10.2 Å². The van der Waals surface area contributed by atoms with Gasteiger partial charge in [0.2, 0.25) is 12.3 Å². The Bertz CT molecular complexity index is 437. The minimum Gasteiger partial charge on any atom is -0.473 e. The number of anilines is 1. The third-order valence-corrected chi connectivity index (χ3v) is 3.23. The zero-order valence-corrected chi connectivity index (χ0v) is 11.0. The normalized spacial score (nSPS) is 16.3. The number of amides is 1. The Morgan fingerprint density at radius 3 is 2.83 bits per heavy atom. The van der Waals surface area contributed by atoms with Gasteiger partial charge in [0.1, 0.15) is 11.8 Å². The number of aromatic nitrogens is 1. The number of halogens is 2. The molecule has 1 amide bonds. The van der Waals surface area contributed by atoms with Gasteiger partial charge >= 0.3 is 0 Å². The van der Waals surface area contributed by atoms with E-state index in [0.717, 1.165) is 12.8 Å². The molecule has 0 atom stereocenters. The maximum Gasteiger partial charge on any atom is 0.239 e. The van der Waals surface area contributed by atoms with Crippen molar-refractivity contribution in [1.82, 2.24) is 4.98 Å². The van der Waals surface area contributed by atoms with Gasteiger partial charge in [-0.15, -0.1) is 0 Å². The summed E-state index contributed by atoms with van der Waals surface area (Å²) in [6.45, 7) is 1.31. The van der Waals surface area contributed by atoms with Crippen molar-refractivity contribution in [2.24, 2.45) is 0 Å². The number of nitrogens with one attached hydrogen (secondary N) is 1. The highest BCUT2D eigenvalue weighted by atomic mass is 35.5. The molecule has 98 valence electrons. The summed E-state index contributed by atoms with van der Waals surface area (Å²) >= 11 is 11.7. The van der Waals surface area contributed by atoms with Crippen molar-refractivity contribution < 1.29 is 14.3 Å². The van der Waals surface area contributed by atoms with E-state index >= 15 is 0 Å². The van der Waals surface area contributed by atoms with E-state index in [4.69, 9.17) is 32.7 Å². The molecule has 2 heterocycles. The van der Waals surface area contributed by atoms with Crippen LogP contribution < -0.4 is 10.1 Å². The molecule has 0 aliphatic carbocycles. The van der Waals surface area contributed by atoms with E-state index in [9.17, 15) is 4.79 Å². The number of hydrogen-bond acceptors (Lipinski definition) is 4.